The van der Waals surface area contributed by atoms with E-state index in [1.807, 2.05) is 45.0 Å². The van der Waals surface area contributed by atoms with E-state index in [-0.39, 0.29) is 17.6 Å². The molecular formula is C25H26FN5OS. The summed E-state index contributed by atoms with van der Waals surface area (Å²) in [5.41, 5.74) is 5.29. The Kier molecular flexibility index (Phi) is 5.62. The number of carbonyl (C=O) groups is 1. The molecule has 1 atom stereocenters. The number of hydrogen-bond donors (Lipinski definition) is 1. The lowest BCUT2D eigenvalue weighted by molar-refractivity contribution is -0.120. The minimum Gasteiger partial charge on any atom is -0.347 e. The quantitative estimate of drug-likeness (QED) is 0.440. The highest BCUT2D eigenvalue weighted by Crippen LogP contribution is 2.34. The molecule has 2 aromatic heterocycles. The zero-order valence-corrected chi connectivity index (χ0v) is 19.7. The predicted molar refractivity (Wildman–Crippen MR) is 131 cm³/mol. The van der Waals surface area contributed by atoms with Gasteiger partial charge in [0.2, 0.25) is 5.91 Å². The van der Waals surface area contributed by atoms with E-state index in [2.05, 4.69) is 15.3 Å². The van der Waals surface area contributed by atoms with Crippen molar-refractivity contribution in [1.29, 1.82) is 0 Å². The number of halogens is 1. The van der Waals surface area contributed by atoms with Crippen LogP contribution in [-0.2, 0) is 4.79 Å². The topological polar surface area (TPSA) is 63.1 Å². The Morgan fingerprint density at radius 1 is 1.18 bits per heavy atom. The first-order valence-corrected chi connectivity index (χ1v) is 12.0. The summed E-state index contributed by atoms with van der Waals surface area (Å²) in [5, 5.41) is 8.57. The molecule has 170 valence electrons. The molecule has 1 fully saturated rings. The normalized spacial score (nSPS) is 16.4. The van der Waals surface area contributed by atoms with Crippen molar-refractivity contribution in [1.82, 2.24) is 14.8 Å². The fourth-order valence-corrected chi connectivity index (χ4v) is 5.34. The minimum atomic E-state index is -0.307. The maximum absolute atomic E-state index is 13.8. The molecule has 0 spiro atoms. The number of hydrogen-bond acceptors (Lipinski definition) is 5. The van der Waals surface area contributed by atoms with Crippen LogP contribution in [0.25, 0.3) is 16.0 Å². The summed E-state index contributed by atoms with van der Waals surface area (Å²) in [6.45, 7) is 7.46. The van der Waals surface area contributed by atoms with Gasteiger partial charge in [-0.25, -0.2) is 9.07 Å². The van der Waals surface area contributed by atoms with Crippen molar-refractivity contribution in [2.45, 2.75) is 33.6 Å². The van der Waals surface area contributed by atoms with Gasteiger partial charge in [-0.2, -0.15) is 10.1 Å². The van der Waals surface area contributed by atoms with E-state index in [1.165, 1.54) is 12.1 Å². The summed E-state index contributed by atoms with van der Waals surface area (Å²) in [5.74, 6) is -0.360. The van der Waals surface area contributed by atoms with Crippen molar-refractivity contribution >= 4 is 38.4 Å². The number of rotatable bonds is 4. The van der Waals surface area contributed by atoms with Gasteiger partial charge in [-0.15, -0.1) is 0 Å². The van der Waals surface area contributed by atoms with Crippen molar-refractivity contribution in [2.75, 3.05) is 23.3 Å². The maximum atomic E-state index is 13.8. The van der Waals surface area contributed by atoms with Crippen molar-refractivity contribution in [3.63, 3.8) is 0 Å². The highest BCUT2D eigenvalue weighted by Gasteiger charge is 2.28. The van der Waals surface area contributed by atoms with E-state index in [1.54, 1.807) is 22.1 Å². The summed E-state index contributed by atoms with van der Waals surface area (Å²) < 4.78 is 16.5. The number of aromatic nitrogens is 3. The number of carbonyl (C=O) groups excluding carboxylic acids is 1. The number of fused-ring (bicyclic) bond motifs is 1. The fraction of sp³-hybridized carbons (Fsp3) is 0.320. The third-order valence-electron chi connectivity index (χ3n) is 6.14. The first-order valence-electron chi connectivity index (χ1n) is 11.1. The standard InChI is InChI=1S/C25H26FN5OS/c1-15-9-10-16(2)21(12-15)27-24(32)18-6-5-11-30(14-18)25-28-23-22(33-25)17(3)29-31(23)20-8-4-7-19(26)13-20/h4,7-10,12-13,18H,5-6,11,14H2,1-3H3,(H,27,32)/t18-/m0/s1. The minimum absolute atomic E-state index is 0.0524. The van der Waals surface area contributed by atoms with Gasteiger partial charge < -0.3 is 10.2 Å². The molecule has 0 bridgehead atoms. The Balaban J connectivity index is 1.38. The van der Waals surface area contributed by atoms with Crippen LogP contribution in [0.3, 0.4) is 0 Å². The Bertz CT molecular complexity index is 1340. The molecule has 0 radical (unpaired) electrons. The molecule has 1 N–H and O–H groups in total. The van der Waals surface area contributed by atoms with Gasteiger partial charge in [-0.3, -0.25) is 4.79 Å². The first-order chi connectivity index (χ1) is 15.9. The lowest BCUT2D eigenvalue weighted by atomic mass is 9.97. The summed E-state index contributed by atoms with van der Waals surface area (Å²) >= 11 is 1.58. The van der Waals surface area contributed by atoms with E-state index in [0.29, 0.717) is 12.2 Å². The van der Waals surface area contributed by atoms with Crippen LogP contribution in [0.15, 0.2) is 42.5 Å². The van der Waals surface area contributed by atoms with Gasteiger partial charge in [0.1, 0.15) is 5.82 Å². The molecule has 33 heavy (non-hydrogen) atoms. The van der Waals surface area contributed by atoms with Crippen molar-refractivity contribution < 1.29 is 9.18 Å². The Hall–Kier alpha value is -3.26. The molecule has 0 saturated carbocycles. The molecule has 5 rings (SSSR count). The number of benzene rings is 2. The van der Waals surface area contributed by atoms with E-state index in [4.69, 9.17) is 4.98 Å². The van der Waals surface area contributed by atoms with Gasteiger partial charge in [0.25, 0.3) is 0 Å². The molecule has 4 aromatic rings. The van der Waals surface area contributed by atoms with Crippen molar-refractivity contribution in [2.24, 2.45) is 5.92 Å². The monoisotopic (exact) mass is 463 g/mol. The maximum Gasteiger partial charge on any atom is 0.229 e. The molecule has 0 aliphatic carbocycles. The van der Waals surface area contributed by atoms with Crippen LogP contribution in [-0.4, -0.2) is 33.8 Å². The van der Waals surface area contributed by atoms with Crippen LogP contribution in [0.1, 0.15) is 29.7 Å². The number of aryl methyl sites for hydroxylation is 3. The molecule has 1 saturated heterocycles. The second-order valence-corrected chi connectivity index (χ2v) is 9.70. The largest absolute Gasteiger partial charge is 0.347 e. The zero-order valence-electron chi connectivity index (χ0n) is 18.9. The smallest absolute Gasteiger partial charge is 0.229 e. The predicted octanol–water partition coefficient (Wildman–Crippen LogP) is 5.40. The third kappa shape index (κ3) is 4.23. The number of piperidine rings is 1. The number of anilines is 2. The second-order valence-electron chi connectivity index (χ2n) is 8.72. The summed E-state index contributed by atoms with van der Waals surface area (Å²) in [6.07, 6.45) is 1.78. The first kappa shape index (κ1) is 21.6. The number of amides is 1. The van der Waals surface area contributed by atoms with Gasteiger partial charge in [0.15, 0.2) is 10.8 Å². The lowest BCUT2D eigenvalue weighted by Gasteiger charge is -2.31. The SMILES string of the molecule is Cc1ccc(C)c(NC(=O)[C@H]2CCCN(c3nc4c(s3)c(C)nn4-c3cccc(F)c3)C2)c1. The van der Waals surface area contributed by atoms with E-state index in [9.17, 15) is 9.18 Å². The number of nitrogens with one attached hydrogen (secondary N) is 1. The van der Waals surface area contributed by atoms with Crippen molar-refractivity contribution in [3.05, 3.63) is 65.1 Å². The molecular weight excluding hydrogens is 437 g/mol. The Morgan fingerprint density at radius 3 is 2.85 bits per heavy atom. The van der Waals surface area contributed by atoms with Gasteiger partial charge in [-0.05, 0) is 69.0 Å². The van der Waals surface area contributed by atoms with Crippen LogP contribution in [0.2, 0.25) is 0 Å². The highest BCUT2D eigenvalue weighted by molar-refractivity contribution is 7.22. The third-order valence-corrected chi connectivity index (χ3v) is 7.36. The van der Waals surface area contributed by atoms with Crippen LogP contribution >= 0.6 is 11.3 Å². The Labute approximate surface area is 196 Å². The Morgan fingerprint density at radius 2 is 2.03 bits per heavy atom. The van der Waals surface area contributed by atoms with Gasteiger partial charge >= 0.3 is 0 Å². The molecule has 3 heterocycles. The molecule has 0 unspecified atom stereocenters. The van der Waals surface area contributed by atoms with E-state index < -0.39 is 0 Å². The van der Waals surface area contributed by atoms with Gasteiger partial charge in [-0.1, -0.05) is 29.5 Å². The number of nitrogens with zero attached hydrogens (tertiary/aromatic N) is 4. The summed E-state index contributed by atoms with van der Waals surface area (Å²) in [4.78, 5) is 20.1. The fourth-order valence-electron chi connectivity index (χ4n) is 4.32. The van der Waals surface area contributed by atoms with Crippen LogP contribution < -0.4 is 10.2 Å². The van der Waals surface area contributed by atoms with Crippen LogP contribution in [0, 0.1) is 32.5 Å². The number of thiazole rings is 1. The van der Waals surface area contributed by atoms with Gasteiger partial charge in [0, 0.05) is 18.8 Å². The second kappa shape index (κ2) is 8.59. The van der Waals surface area contributed by atoms with Crippen molar-refractivity contribution in [3.8, 4) is 5.69 Å². The van der Waals surface area contributed by atoms with Crippen LogP contribution in [0.4, 0.5) is 15.2 Å². The molecule has 1 aliphatic heterocycles. The van der Waals surface area contributed by atoms with Crippen LogP contribution in [0.5, 0.6) is 0 Å². The highest BCUT2D eigenvalue weighted by atomic mass is 32.1. The zero-order chi connectivity index (χ0) is 23.1. The molecule has 6 nitrogen and oxygen atoms in total. The molecule has 1 aliphatic rings. The molecule has 1 amide bonds. The van der Waals surface area contributed by atoms with E-state index in [0.717, 1.165) is 57.4 Å². The molecule has 2 aromatic carbocycles. The van der Waals surface area contributed by atoms with E-state index >= 15 is 0 Å². The summed E-state index contributed by atoms with van der Waals surface area (Å²) in [6, 6.07) is 12.5. The lowest BCUT2D eigenvalue weighted by Crippen LogP contribution is -2.40. The average Bonchev–Trinajstić information content (AvgIpc) is 3.37. The van der Waals surface area contributed by atoms with Gasteiger partial charge in [0.05, 0.1) is 22.0 Å². The average molecular weight is 464 g/mol. The summed E-state index contributed by atoms with van der Waals surface area (Å²) in [7, 11) is 0. The molecule has 8 heteroatoms.